The number of amides is 4. The minimum atomic E-state index is -0.745. The Kier molecular flexibility index (Phi) is 8.12. The molecule has 38 heavy (non-hydrogen) atoms. The average molecular weight is 516 g/mol. The molecule has 1 aromatic heterocycles. The molecule has 1 aliphatic rings. The molecule has 0 unspecified atom stereocenters. The van der Waals surface area contributed by atoms with Crippen LogP contribution in [0.2, 0.25) is 0 Å². The fraction of sp³-hybridized carbons (Fsp3) is 0.250. The van der Waals surface area contributed by atoms with Gasteiger partial charge in [-0.25, -0.2) is 4.98 Å². The van der Waals surface area contributed by atoms with E-state index in [2.05, 4.69) is 20.9 Å². The van der Waals surface area contributed by atoms with E-state index < -0.39 is 6.04 Å². The van der Waals surface area contributed by atoms with E-state index in [0.717, 1.165) is 11.1 Å². The molecule has 0 aliphatic carbocycles. The Labute approximate surface area is 220 Å². The number of pyridine rings is 1. The molecule has 0 radical (unpaired) electrons. The molecule has 1 aliphatic heterocycles. The third-order valence-electron chi connectivity index (χ3n) is 6.15. The normalized spacial score (nSPS) is 14.8. The van der Waals surface area contributed by atoms with Crippen molar-refractivity contribution < 1.29 is 23.9 Å². The number of carbonyl (C=O) groups excluding carboxylic acids is 4. The number of carbonyl (C=O) groups is 4. The van der Waals surface area contributed by atoms with Gasteiger partial charge in [-0.2, -0.15) is 0 Å². The number of benzene rings is 2. The number of aryl methyl sites for hydroxylation is 1. The van der Waals surface area contributed by atoms with E-state index in [1.165, 1.54) is 12.0 Å². The maximum absolute atomic E-state index is 13.4. The highest BCUT2D eigenvalue weighted by molar-refractivity contribution is 6.10. The highest BCUT2D eigenvalue weighted by atomic mass is 16.5. The van der Waals surface area contributed by atoms with Crippen molar-refractivity contribution in [2.24, 2.45) is 0 Å². The zero-order valence-corrected chi connectivity index (χ0v) is 21.4. The van der Waals surface area contributed by atoms with Gasteiger partial charge in [-0.15, -0.1) is 0 Å². The first-order chi connectivity index (χ1) is 18.2. The summed E-state index contributed by atoms with van der Waals surface area (Å²) < 4.78 is 4.91. The Morgan fingerprint density at radius 3 is 2.50 bits per heavy atom. The second kappa shape index (κ2) is 11.7. The fourth-order valence-corrected chi connectivity index (χ4v) is 3.94. The monoisotopic (exact) mass is 515 g/mol. The van der Waals surface area contributed by atoms with Crippen molar-refractivity contribution >= 4 is 40.8 Å². The summed E-state index contributed by atoms with van der Waals surface area (Å²) in [7, 11) is 1.51. The molecule has 10 nitrogen and oxygen atoms in total. The van der Waals surface area contributed by atoms with Crippen molar-refractivity contribution in [3.05, 3.63) is 83.0 Å². The molecular weight excluding hydrogens is 486 g/mol. The molecule has 3 N–H and O–H groups in total. The van der Waals surface area contributed by atoms with E-state index in [9.17, 15) is 19.2 Å². The zero-order chi connectivity index (χ0) is 27.2. The number of methoxy groups -OCH3 is 1. The minimum Gasteiger partial charge on any atom is -0.384 e. The predicted molar refractivity (Wildman–Crippen MR) is 143 cm³/mol. The van der Waals surface area contributed by atoms with Gasteiger partial charge in [0.2, 0.25) is 11.8 Å². The average Bonchev–Trinajstić information content (AvgIpc) is 2.99. The topological polar surface area (TPSA) is 130 Å². The number of aromatic nitrogens is 1. The van der Waals surface area contributed by atoms with Crippen LogP contribution in [-0.2, 0) is 20.9 Å². The lowest BCUT2D eigenvalue weighted by Crippen LogP contribution is -2.42. The van der Waals surface area contributed by atoms with Crippen LogP contribution >= 0.6 is 0 Å². The van der Waals surface area contributed by atoms with Crippen LogP contribution in [0, 0.1) is 6.92 Å². The number of anilines is 3. The van der Waals surface area contributed by atoms with Crippen LogP contribution in [-0.4, -0.2) is 53.3 Å². The van der Waals surface area contributed by atoms with Gasteiger partial charge in [0, 0.05) is 31.1 Å². The summed E-state index contributed by atoms with van der Waals surface area (Å²) in [6, 6.07) is 14.5. The first kappa shape index (κ1) is 26.5. The van der Waals surface area contributed by atoms with Crippen LogP contribution in [0.5, 0.6) is 0 Å². The van der Waals surface area contributed by atoms with E-state index in [4.69, 9.17) is 4.74 Å². The van der Waals surface area contributed by atoms with Crippen LogP contribution in [0.1, 0.15) is 45.2 Å². The van der Waals surface area contributed by atoms with E-state index in [1.54, 1.807) is 61.7 Å². The number of rotatable bonds is 8. The molecule has 4 amide bonds. The second-order valence-corrected chi connectivity index (χ2v) is 9.02. The lowest BCUT2D eigenvalue weighted by Gasteiger charge is -2.26. The smallest absolute Gasteiger partial charge is 0.256 e. The summed E-state index contributed by atoms with van der Waals surface area (Å²) in [6.45, 7) is 4.03. The van der Waals surface area contributed by atoms with E-state index >= 15 is 0 Å². The largest absolute Gasteiger partial charge is 0.384 e. The van der Waals surface area contributed by atoms with E-state index in [0.29, 0.717) is 28.3 Å². The van der Waals surface area contributed by atoms with Crippen LogP contribution in [0.3, 0.4) is 0 Å². The standard InChI is InChI=1S/C28H29N5O5/c1-17-4-11-24(29-15-17)32-27(36)20-7-5-19(6-8-20)16-33-18(2)26(35)31-23-14-21(9-10-22(23)28(33)37)30-25(34)12-13-38-3/h4-11,14-15,18H,12-13,16H2,1-3H3,(H,30,34)(H,31,35)(H,29,32,36)/t18-/m1/s1. The third-order valence-corrected chi connectivity index (χ3v) is 6.15. The van der Waals surface area contributed by atoms with Gasteiger partial charge in [-0.05, 0) is 61.4 Å². The van der Waals surface area contributed by atoms with Crippen molar-refractivity contribution in [1.82, 2.24) is 9.88 Å². The molecule has 0 spiro atoms. The van der Waals surface area contributed by atoms with Crippen molar-refractivity contribution in [2.75, 3.05) is 29.7 Å². The molecule has 3 aromatic rings. The Balaban J connectivity index is 1.47. The van der Waals surface area contributed by atoms with Gasteiger partial charge in [0.1, 0.15) is 11.9 Å². The van der Waals surface area contributed by atoms with Gasteiger partial charge in [0.15, 0.2) is 0 Å². The summed E-state index contributed by atoms with van der Waals surface area (Å²) >= 11 is 0. The Hall–Kier alpha value is -4.57. The number of hydrogen-bond donors (Lipinski definition) is 3. The zero-order valence-electron chi connectivity index (χ0n) is 21.4. The molecule has 4 rings (SSSR count). The van der Waals surface area contributed by atoms with E-state index in [1.807, 2.05) is 13.0 Å². The Morgan fingerprint density at radius 2 is 1.82 bits per heavy atom. The summed E-state index contributed by atoms with van der Waals surface area (Å²) in [4.78, 5) is 56.6. The lowest BCUT2D eigenvalue weighted by molar-refractivity contribution is -0.120. The van der Waals surface area contributed by atoms with Crippen molar-refractivity contribution in [3.63, 3.8) is 0 Å². The molecule has 0 saturated carbocycles. The molecule has 0 saturated heterocycles. The number of nitrogens with zero attached hydrogens (tertiary/aromatic N) is 2. The number of nitrogens with one attached hydrogen (secondary N) is 3. The molecule has 1 atom stereocenters. The highest BCUT2D eigenvalue weighted by Crippen LogP contribution is 2.28. The van der Waals surface area contributed by atoms with Crippen LogP contribution in [0.25, 0.3) is 0 Å². The first-order valence-corrected chi connectivity index (χ1v) is 12.1. The van der Waals surface area contributed by atoms with Crippen molar-refractivity contribution in [3.8, 4) is 0 Å². The highest BCUT2D eigenvalue weighted by Gasteiger charge is 2.32. The minimum absolute atomic E-state index is 0.170. The molecule has 2 heterocycles. The van der Waals surface area contributed by atoms with Crippen LogP contribution in [0.4, 0.5) is 17.2 Å². The number of hydrogen-bond acceptors (Lipinski definition) is 6. The van der Waals surface area contributed by atoms with Gasteiger partial charge in [0.25, 0.3) is 11.8 Å². The molecular formula is C28H29N5O5. The molecule has 196 valence electrons. The Morgan fingerprint density at radius 1 is 1.05 bits per heavy atom. The summed E-state index contributed by atoms with van der Waals surface area (Å²) in [5.41, 5.74) is 3.30. The number of ether oxygens (including phenoxy) is 1. The van der Waals surface area contributed by atoms with Crippen LogP contribution in [0.15, 0.2) is 60.8 Å². The molecule has 0 fully saturated rings. The SMILES string of the molecule is COCCC(=O)Nc1ccc2c(c1)NC(=O)[C@@H](C)N(Cc1ccc(C(=O)Nc3ccc(C)cn3)cc1)C2=O. The first-order valence-electron chi connectivity index (χ1n) is 12.1. The van der Waals surface area contributed by atoms with Gasteiger partial charge < -0.3 is 25.6 Å². The van der Waals surface area contributed by atoms with Gasteiger partial charge in [0.05, 0.1) is 24.3 Å². The lowest BCUT2D eigenvalue weighted by atomic mass is 10.1. The van der Waals surface area contributed by atoms with Gasteiger partial charge in [-0.3, -0.25) is 19.2 Å². The second-order valence-electron chi connectivity index (χ2n) is 9.02. The maximum Gasteiger partial charge on any atom is 0.256 e. The summed E-state index contributed by atoms with van der Waals surface area (Å²) in [6.07, 6.45) is 1.86. The summed E-state index contributed by atoms with van der Waals surface area (Å²) in [5, 5.41) is 8.28. The predicted octanol–water partition coefficient (Wildman–Crippen LogP) is 3.60. The van der Waals surface area contributed by atoms with Gasteiger partial charge in [-0.1, -0.05) is 18.2 Å². The third kappa shape index (κ3) is 6.22. The molecule has 10 heteroatoms. The van der Waals surface area contributed by atoms with Gasteiger partial charge >= 0.3 is 0 Å². The summed E-state index contributed by atoms with van der Waals surface area (Å²) in [5.74, 6) is -0.751. The Bertz CT molecular complexity index is 1360. The van der Waals surface area contributed by atoms with E-state index in [-0.39, 0.29) is 43.2 Å². The van der Waals surface area contributed by atoms with Crippen LogP contribution < -0.4 is 16.0 Å². The van der Waals surface area contributed by atoms with Crippen molar-refractivity contribution in [2.45, 2.75) is 32.9 Å². The number of fused-ring (bicyclic) bond motifs is 1. The maximum atomic E-state index is 13.4. The molecule has 2 aromatic carbocycles. The quantitative estimate of drug-likeness (QED) is 0.420. The fourth-order valence-electron chi connectivity index (χ4n) is 3.94. The molecule has 0 bridgehead atoms. The van der Waals surface area contributed by atoms with Crippen molar-refractivity contribution in [1.29, 1.82) is 0 Å².